The second-order valence-electron chi connectivity index (χ2n) is 7.05. The fourth-order valence-corrected chi connectivity index (χ4v) is 3.96. The molecular formula is C22H28ClN3O. The van der Waals surface area contributed by atoms with Gasteiger partial charge < -0.3 is 14.6 Å². The molecule has 1 fully saturated rings. The monoisotopic (exact) mass is 385 g/mol. The molecule has 144 valence electrons. The van der Waals surface area contributed by atoms with E-state index >= 15 is 0 Å². The average molecular weight is 386 g/mol. The number of aromatic amines is 1. The zero-order valence-electron chi connectivity index (χ0n) is 16.1. The molecule has 0 aliphatic carbocycles. The van der Waals surface area contributed by atoms with Crippen LogP contribution in [-0.4, -0.2) is 49.7 Å². The number of ether oxygens (including phenoxy) is 1. The molecule has 0 radical (unpaired) electrons. The lowest BCUT2D eigenvalue weighted by Crippen LogP contribution is -2.47. The van der Waals surface area contributed by atoms with Crippen molar-refractivity contribution in [3.05, 3.63) is 59.8 Å². The van der Waals surface area contributed by atoms with Crippen molar-refractivity contribution >= 4 is 29.0 Å². The summed E-state index contributed by atoms with van der Waals surface area (Å²) in [5.74, 6) is 0.905. The Bertz CT molecular complexity index is 870. The standard InChI is InChI=1S/C22H27N3O.ClH/c1-17-20(21-9-8-19(26-2)16-22(21)23-17)10-11-24-12-14-25(15-13-24)18-6-4-3-5-7-18;/h3-9,16,23H,10-15H2,1-2H3;1H. The molecule has 0 spiro atoms. The smallest absolute Gasteiger partial charge is 0.120 e. The Morgan fingerprint density at radius 2 is 1.74 bits per heavy atom. The normalized spacial score (nSPS) is 15.0. The first kappa shape index (κ1) is 19.6. The van der Waals surface area contributed by atoms with E-state index in [1.54, 1.807) is 7.11 Å². The van der Waals surface area contributed by atoms with E-state index in [2.05, 4.69) is 70.2 Å². The second kappa shape index (κ2) is 8.68. The first-order chi connectivity index (χ1) is 12.7. The minimum Gasteiger partial charge on any atom is -0.497 e. The molecule has 1 aliphatic rings. The maximum atomic E-state index is 5.34. The van der Waals surface area contributed by atoms with Crippen molar-refractivity contribution in [1.82, 2.24) is 9.88 Å². The zero-order chi connectivity index (χ0) is 17.9. The van der Waals surface area contributed by atoms with E-state index in [4.69, 9.17) is 4.74 Å². The van der Waals surface area contributed by atoms with Crippen LogP contribution in [0.2, 0.25) is 0 Å². The number of methoxy groups -OCH3 is 1. The summed E-state index contributed by atoms with van der Waals surface area (Å²) in [6.45, 7) is 7.76. The number of fused-ring (bicyclic) bond motifs is 1. The van der Waals surface area contributed by atoms with Crippen molar-refractivity contribution in [1.29, 1.82) is 0 Å². The Kier molecular flexibility index (Phi) is 6.30. The van der Waals surface area contributed by atoms with E-state index in [0.29, 0.717) is 0 Å². The number of aryl methyl sites for hydroxylation is 1. The third-order valence-electron chi connectivity index (χ3n) is 5.50. The van der Waals surface area contributed by atoms with Gasteiger partial charge in [0, 0.05) is 61.1 Å². The minimum absolute atomic E-state index is 0. The van der Waals surface area contributed by atoms with E-state index in [9.17, 15) is 0 Å². The molecule has 0 bridgehead atoms. The van der Waals surface area contributed by atoms with Crippen LogP contribution in [0.4, 0.5) is 5.69 Å². The Balaban J connectivity index is 0.00000210. The molecule has 0 atom stereocenters. The number of H-pyrrole nitrogens is 1. The number of benzene rings is 2. The third-order valence-corrected chi connectivity index (χ3v) is 5.50. The molecule has 1 N–H and O–H groups in total. The van der Waals surface area contributed by atoms with Crippen LogP contribution in [0.1, 0.15) is 11.3 Å². The van der Waals surface area contributed by atoms with Gasteiger partial charge in [0.2, 0.25) is 0 Å². The highest BCUT2D eigenvalue weighted by atomic mass is 35.5. The quantitative estimate of drug-likeness (QED) is 0.711. The molecule has 1 aliphatic heterocycles. The summed E-state index contributed by atoms with van der Waals surface area (Å²) < 4.78 is 5.34. The van der Waals surface area contributed by atoms with Crippen LogP contribution in [-0.2, 0) is 6.42 Å². The molecular weight excluding hydrogens is 358 g/mol. The Morgan fingerprint density at radius 1 is 1.00 bits per heavy atom. The first-order valence-corrected chi connectivity index (χ1v) is 9.42. The summed E-state index contributed by atoms with van der Waals surface area (Å²) in [6, 6.07) is 17.1. The summed E-state index contributed by atoms with van der Waals surface area (Å²) in [4.78, 5) is 8.58. The lowest BCUT2D eigenvalue weighted by molar-refractivity contribution is 0.261. The average Bonchev–Trinajstić information content (AvgIpc) is 3.01. The number of para-hydroxylation sites is 1. The largest absolute Gasteiger partial charge is 0.497 e. The lowest BCUT2D eigenvalue weighted by Gasteiger charge is -2.36. The van der Waals surface area contributed by atoms with Gasteiger partial charge in [0.25, 0.3) is 0 Å². The molecule has 3 aromatic rings. The van der Waals surface area contributed by atoms with Gasteiger partial charge in [-0.15, -0.1) is 12.4 Å². The van der Waals surface area contributed by atoms with Crippen LogP contribution in [0.15, 0.2) is 48.5 Å². The summed E-state index contributed by atoms with van der Waals surface area (Å²) in [7, 11) is 1.72. The van der Waals surface area contributed by atoms with E-state index < -0.39 is 0 Å². The van der Waals surface area contributed by atoms with Crippen molar-refractivity contribution in [2.75, 3.05) is 44.7 Å². The molecule has 0 amide bonds. The number of nitrogens with one attached hydrogen (secondary N) is 1. The Hall–Kier alpha value is -2.17. The maximum Gasteiger partial charge on any atom is 0.120 e. The summed E-state index contributed by atoms with van der Waals surface area (Å²) >= 11 is 0. The minimum atomic E-state index is 0. The summed E-state index contributed by atoms with van der Waals surface area (Å²) in [6.07, 6.45) is 1.09. The molecule has 0 saturated carbocycles. The van der Waals surface area contributed by atoms with Crippen molar-refractivity contribution in [3.8, 4) is 5.75 Å². The SMILES string of the molecule is COc1ccc2c(CCN3CCN(c4ccccc4)CC3)c(C)[nH]c2c1.Cl. The number of aromatic nitrogens is 1. The van der Waals surface area contributed by atoms with Gasteiger partial charge in [0.15, 0.2) is 0 Å². The second-order valence-corrected chi connectivity index (χ2v) is 7.05. The molecule has 2 heterocycles. The van der Waals surface area contributed by atoms with Crippen LogP contribution in [0.25, 0.3) is 10.9 Å². The van der Waals surface area contributed by atoms with Gasteiger partial charge in [-0.25, -0.2) is 0 Å². The van der Waals surface area contributed by atoms with E-state index in [-0.39, 0.29) is 12.4 Å². The van der Waals surface area contributed by atoms with Crippen LogP contribution >= 0.6 is 12.4 Å². The van der Waals surface area contributed by atoms with Crippen LogP contribution in [0, 0.1) is 6.92 Å². The van der Waals surface area contributed by atoms with E-state index in [0.717, 1.165) is 44.9 Å². The van der Waals surface area contributed by atoms with Crippen molar-refractivity contribution in [3.63, 3.8) is 0 Å². The molecule has 4 nitrogen and oxygen atoms in total. The topological polar surface area (TPSA) is 31.5 Å². The highest BCUT2D eigenvalue weighted by Gasteiger charge is 2.18. The van der Waals surface area contributed by atoms with Crippen molar-refractivity contribution in [2.45, 2.75) is 13.3 Å². The highest BCUT2D eigenvalue weighted by molar-refractivity contribution is 5.86. The van der Waals surface area contributed by atoms with Gasteiger partial charge in [-0.1, -0.05) is 18.2 Å². The molecule has 2 aromatic carbocycles. The van der Waals surface area contributed by atoms with Gasteiger partial charge in [0.1, 0.15) is 5.75 Å². The molecule has 1 saturated heterocycles. The van der Waals surface area contributed by atoms with E-state index in [1.807, 2.05) is 0 Å². The molecule has 0 unspecified atom stereocenters. The van der Waals surface area contributed by atoms with Crippen molar-refractivity contribution in [2.24, 2.45) is 0 Å². The fourth-order valence-electron chi connectivity index (χ4n) is 3.96. The number of hydrogen-bond acceptors (Lipinski definition) is 3. The molecule has 5 heteroatoms. The summed E-state index contributed by atoms with van der Waals surface area (Å²) in [5, 5.41) is 1.33. The number of anilines is 1. The molecule has 1 aromatic heterocycles. The van der Waals surface area contributed by atoms with Gasteiger partial charge in [0.05, 0.1) is 7.11 Å². The first-order valence-electron chi connectivity index (χ1n) is 9.42. The predicted molar refractivity (Wildman–Crippen MR) is 116 cm³/mol. The summed E-state index contributed by atoms with van der Waals surface area (Å²) in [5.41, 5.74) is 5.23. The lowest BCUT2D eigenvalue weighted by atomic mass is 10.1. The van der Waals surface area contributed by atoms with Crippen molar-refractivity contribution < 1.29 is 4.74 Å². The van der Waals surface area contributed by atoms with Gasteiger partial charge in [-0.3, -0.25) is 4.90 Å². The Labute approximate surface area is 167 Å². The third kappa shape index (κ3) is 4.23. The highest BCUT2D eigenvalue weighted by Crippen LogP contribution is 2.26. The number of hydrogen-bond donors (Lipinski definition) is 1. The van der Waals surface area contributed by atoms with Gasteiger partial charge in [-0.2, -0.15) is 0 Å². The number of rotatable bonds is 5. The van der Waals surface area contributed by atoms with Gasteiger partial charge >= 0.3 is 0 Å². The van der Waals surface area contributed by atoms with Crippen LogP contribution in [0.3, 0.4) is 0 Å². The fraction of sp³-hybridized carbons (Fsp3) is 0.364. The van der Waals surface area contributed by atoms with Crippen LogP contribution < -0.4 is 9.64 Å². The van der Waals surface area contributed by atoms with Gasteiger partial charge in [-0.05, 0) is 43.2 Å². The van der Waals surface area contributed by atoms with E-state index in [1.165, 1.54) is 27.8 Å². The predicted octanol–water partition coefficient (Wildman–Crippen LogP) is 4.27. The Morgan fingerprint density at radius 3 is 2.44 bits per heavy atom. The number of piperazine rings is 1. The maximum absolute atomic E-state index is 5.34. The number of nitrogens with zero attached hydrogens (tertiary/aromatic N) is 2. The zero-order valence-corrected chi connectivity index (χ0v) is 16.9. The van der Waals surface area contributed by atoms with Crippen LogP contribution in [0.5, 0.6) is 5.75 Å². The molecule has 27 heavy (non-hydrogen) atoms. The molecule has 4 rings (SSSR count). The number of halogens is 1.